The minimum atomic E-state index is 0.314. The number of nitrogens with zero attached hydrogens (tertiary/aromatic N) is 2. The first-order valence-corrected chi connectivity index (χ1v) is 6.93. The van der Waals surface area contributed by atoms with Gasteiger partial charge in [0.25, 0.3) is 0 Å². The van der Waals surface area contributed by atoms with Crippen LogP contribution in [0, 0.1) is 0 Å². The Balaban J connectivity index is 1.66. The van der Waals surface area contributed by atoms with Gasteiger partial charge in [0.15, 0.2) is 5.76 Å². The molecule has 1 atom stereocenters. The first-order chi connectivity index (χ1) is 9.90. The third-order valence-corrected chi connectivity index (χ3v) is 3.73. The Kier molecular flexibility index (Phi) is 2.77. The normalized spacial score (nSPS) is 19.5. The van der Waals surface area contributed by atoms with Crippen molar-refractivity contribution in [1.29, 1.82) is 0 Å². The fourth-order valence-corrected chi connectivity index (χ4v) is 2.66. The van der Waals surface area contributed by atoms with Crippen molar-refractivity contribution in [1.82, 2.24) is 15.5 Å². The maximum absolute atomic E-state index is 5.75. The predicted molar refractivity (Wildman–Crippen MR) is 74.4 cm³/mol. The van der Waals surface area contributed by atoms with Crippen LogP contribution in [0.1, 0.15) is 24.7 Å². The summed E-state index contributed by atoms with van der Waals surface area (Å²) in [6, 6.07) is 9.82. The van der Waals surface area contributed by atoms with Gasteiger partial charge in [0, 0.05) is 11.9 Å². The number of aromatic nitrogens is 2. The first kappa shape index (κ1) is 11.7. The molecule has 1 saturated heterocycles. The van der Waals surface area contributed by atoms with Crippen molar-refractivity contribution in [3.8, 4) is 11.6 Å². The van der Waals surface area contributed by atoms with Crippen molar-refractivity contribution in [3.05, 3.63) is 36.2 Å². The molecule has 0 amide bonds. The van der Waals surface area contributed by atoms with E-state index in [0.717, 1.165) is 36.9 Å². The zero-order chi connectivity index (χ0) is 13.4. The molecular formula is C15H15N3O2. The number of nitrogens with one attached hydrogen (secondary N) is 1. The number of para-hydroxylation sites is 1. The molecule has 1 unspecified atom stereocenters. The summed E-state index contributed by atoms with van der Waals surface area (Å²) >= 11 is 0. The Labute approximate surface area is 116 Å². The van der Waals surface area contributed by atoms with Gasteiger partial charge in [-0.1, -0.05) is 23.4 Å². The molecule has 2 aromatic heterocycles. The topological polar surface area (TPSA) is 64.1 Å². The van der Waals surface area contributed by atoms with Crippen LogP contribution < -0.4 is 5.32 Å². The van der Waals surface area contributed by atoms with Crippen LogP contribution in [0.2, 0.25) is 0 Å². The average Bonchev–Trinajstić information content (AvgIpc) is 3.14. The number of furan rings is 1. The van der Waals surface area contributed by atoms with Crippen molar-refractivity contribution >= 4 is 11.0 Å². The Bertz CT molecular complexity index is 692. The van der Waals surface area contributed by atoms with Gasteiger partial charge in [-0.05, 0) is 31.5 Å². The van der Waals surface area contributed by atoms with Crippen LogP contribution in [0.3, 0.4) is 0 Å². The van der Waals surface area contributed by atoms with E-state index in [1.165, 1.54) is 0 Å². The van der Waals surface area contributed by atoms with Crippen LogP contribution in [0.15, 0.2) is 39.3 Å². The molecule has 0 bridgehead atoms. The minimum absolute atomic E-state index is 0.314. The number of hydrogen-bond donors (Lipinski definition) is 1. The largest absolute Gasteiger partial charge is 0.453 e. The van der Waals surface area contributed by atoms with Crippen LogP contribution in [0.5, 0.6) is 0 Å². The fraction of sp³-hybridized carbons (Fsp3) is 0.333. The van der Waals surface area contributed by atoms with Gasteiger partial charge in [0.2, 0.25) is 11.7 Å². The number of benzene rings is 1. The highest BCUT2D eigenvalue weighted by Gasteiger charge is 2.22. The van der Waals surface area contributed by atoms with Crippen molar-refractivity contribution in [3.63, 3.8) is 0 Å². The number of rotatable bonds is 2. The number of fused-ring (bicyclic) bond motifs is 1. The second-order valence-electron chi connectivity index (χ2n) is 5.15. The third kappa shape index (κ3) is 2.00. The van der Waals surface area contributed by atoms with Gasteiger partial charge in [-0.2, -0.15) is 4.98 Å². The van der Waals surface area contributed by atoms with Gasteiger partial charge in [-0.15, -0.1) is 0 Å². The Morgan fingerprint density at radius 3 is 3.05 bits per heavy atom. The van der Waals surface area contributed by atoms with Gasteiger partial charge < -0.3 is 14.3 Å². The molecule has 5 heteroatoms. The molecular weight excluding hydrogens is 254 g/mol. The standard InChI is InChI=1S/C15H15N3O2/c1-2-6-12-10(4-1)8-13(19-12)14-17-15(20-18-14)11-5-3-7-16-9-11/h1-2,4,6,8,11,16H,3,5,7,9H2. The lowest BCUT2D eigenvalue weighted by atomic mass is 10.00. The second-order valence-corrected chi connectivity index (χ2v) is 5.15. The molecule has 1 aliphatic heterocycles. The van der Waals surface area contributed by atoms with Crippen molar-refractivity contribution in [2.24, 2.45) is 0 Å². The maximum Gasteiger partial charge on any atom is 0.238 e. The summed E-state index contributed by atoms with van der Waals surface area (Å²) in [7, 11) is 0. The van der Waals surface area contributed by atoms with Gasteiger partial charge in [-0.25, -0.2) is 0 Å². The highest BCUT2D eigenvalue weighted by molar-refractivity contribution is 5.81. The van der Waals surface area contributed by atoms with E-state index in [2.05, 4.69) is 15.5 Å². The molecule has 20 heavy (non-hydrogen) atoms. The monoisotopic (exact) mass is 269 g/mol. The molecule has 0 saturated carbocycles. The van der Waals surface area contributed by atoms with E-state index in [9.17, 15) is 0 Å². The molecule has 0 radical (unpaired) electrons. The Morgan fingerprint density at radius 1 is 1.25 bits per heavy atom. The molecule has 1 N–H and O–H groups in total. The van der Waals surface area contributed by atoms with Crippen molar-refractivity contribution < 1.29 is 8.94 Å². The minimum Gasteiger partial charge on any atom is -0.453 e. The van der Waals surface area contributed by atoms with Crippen LogP contribution in [0.4, 0.5) is 0 Å². The van der Waals surface area contributed by atoms with E-state index < -0.39 is 0 Å². The average molecular weight is 269 g/mol. The van der Waals surface area contributed by atoms with E-state index >= 15 is 0 Å². The Hall–Kier alpha value is -2.14. The maximum atomic E-state index is 5.75. The van der Waals surface area contributed by atoms with E-state index in [1.807, 2.05) is 30.3 Å². The second kappa shape index (κ2) is 4.76. The van der Waals surface area contributed by atoms with Gasteiger partial charge in [0.1, 0.15) is 5.58 Å². The van der Waals surface area contributed by atoms with Crippen molar-refractivity contribution in [2.45, 2.75) is 18.8 Å². The smallest absolute Gasteiger partial charge is 0.238 e. The summed E-state index contributed by atoms with van der Waals surface area (Å²) in [6.07, 6.45) is 2.24. The van der Waals surface area contributed by atoms with Gasteiger partial charge in [0.05, 0.1) is 5.92 Å². The molecule has 1 aliphatic rings. The lowest BCUT2D eigenvalue weighted by Crippen LogP contribution is -2.28. The van der Waals surface area contributed by atoms with E-state index in [-0.39, 0.29) is 0 Å². The molecule has 4 rings (SSSR count). The molecule has 3 heterocycles. The van der Waals surface area contributed by atoms with Crippen molar-refractivity contribution in [2.75, 3.05) is 13.1 Å². The number of hydrogen-bond acceptors (Lipinski definition) is 5. The quantitative estimate of drug-likeness (QED) is 0.775. The highest BCUT2D eigenvalue weighted by atomic mass is 16.5. The number of piperidine rings is 1. The fourth-order valence-electron chi connectivity index (χ4n) is 2.66. The van der Waals surface area contributed by atoms with Crippen LogP contribution in [-0.4, -0.2) is 23.2 Å². The molecule has 1 aromatic carbocycles. The van der Waals surface area contributed by atoms with E-state index in [1.54, 1.807) is 0 Å². The van der Waals surface area contributed by atoms with E-state index in [4.69, 9.17) is 8.94 Å². The molecule has 3 aromatic rings. The molecule has 0 aliphatic carbocycles. The zero-order valence-electron chi connectivity index (χ0n) is 11.0. The van der Waals surface area contributed by atoms with Crippen LogP contribution >= 0.6 is 0 Å². The lowest BCUT2D eigenvalue weighted by Gasteiger charge is -2.18. The summed E-state index contributed by atoms with van der Waals surface area (Å²) in [6.45, 7) is 1.98. The van der Waals surface area contributed by atoms with Gasteiger partial charge >= 0.3 is 0 Å². The first-order valence-electron chi connectivity index (χ1n) is 6.93. The molecule has 5 nitrogen and oxygen atoms in total. The zero-order valence-corrected chi connectivity index (χ0v) is 11.0. The molecule has 1 fully saturated rings. The highest BCUT2D eigenvalue weighted by Crippen LogP contribution is 2.28. The summed E-state index contributed by atoms with van der Waals surface area (Å²) in [4.78, 5) is 4.49. The van der Waals surface area contributed by atoms with Crippen LogP contribution in [-0.2, 0) is 0 Å². The summed E-state index contributed by atoms with van der Waals surface area (Å²) in [5.41, 5.74) is 0.841. The molecule has 102 valence electrons. The lowest BCUT2D eigenvalue weighted by molar-refractivity contribution is 0.322. The predicted octanol–water partition coefficient (Wildman–Crippen LogP) is 2.95. The SMILES string of the molecule is c1ccc2oc(-c3noc(C4CCCNC4)n3)cc2c1. The summed E-state index contributed by atoms with van der Waals surface area (Å²) in [5, 5.41) is 8.45. The molecule has 0 spiro atoms. The Morgan fingerprint density at radius 2 is 2.20 bits per heavy atom. The summed E-state index contributed by atoms with van der Waals surface area (Å²) in [5.74, 6) is 2.20. The third-order valence-electron chi connectivity index (χ3n) is 3.73. The van der Waals surface area contributed by atoms with Crippen LogP contribution in [0.25, 0.3) is 22.6 Å². The summed E-state index contributed by atoms with van der Waals surface area (Å²) < 4.78 is 11.1. The van der Waals surface area contributed by atoms with Gasteiger partial charge in [-0.3, -0.25) is 0 Å². The van der Waals surface area contributed by atoms with E-state index in [0.29, 0.717) is 23.4 Å².